The van der Waals surface area contributed by atoms with E-state index in [0.29, 0.717) is 28.4 Å². The zero-order valence-corrected chi connectivity index (χ0v) is 14.9. The molecule has 130 valence electrons. The standard InChI is InChI=1S/C20H16N2O3S/c1-12-11-13-5-2-3-8-17(13)22(12)26(24,25)18-10-9-16-19-14(18)6-4-7-15(19)20(23)21-16/h2-10,12H,11H2,1H3,(H,21,23)/t12-/m0/s1. The molecule has 0 fully saturated rings. The quantitative estimate of drug-likeness (QED) is 0.756. The second-order valence-electron chi connectivity index (χ2n) is 6.78. The molecule has 0 spiro atoms. The van der Waals surface area contributed by atoms with E-state index in [2.05, 4.69) is 5.32 Å². The molecule has 1 atom stereocenters. The van der Waals surface area contributed by atoms with Gasteiger partial charge in [0.25, 0.3) is 15.9 Å². The summed E-state index contributed by atoms with van der Waals surface area (Å²) in [5.41, 5.74) is 2.95. The summed E-state index contributed by atoms with van der Waals surface area (Å²) < 4.78 is 28.6. The normalized spacial score (nSPS) is 18.3. The minimum Gasteiger partial charge on any atom is -0.321 e. The van der Waals surface area contributed by atoms with Crippen molar-refractivity contribution < 1.29 is 13.2 Å². The minimum absolute atomic E-state index is 0.153. The summed E-state index contributed by atoms with van der Waals surface area (Å²) >= 11 is 0. The van der Waals surface area contributed by atoms with E-state index in [0.717, 1.165) is 11.3 Å². The maximum Gasteiger partial charge on any atom is 0.265 e. The van der Waals surface area contributed by atoms with Crippen molar-refractivity contribution in [3.05, 3.63) is 65.7 Å². The molecule has 1 N–H and O–H groups in total. The number of carbonyl (C=O) groups is 1. The molecule has 26 heavy (non-hydrogen) atoms. The van der Waals surface area contributed by atoms with Crippen molar-refractivity contribution in [3.63, 3.8) is 0 Å². The Labute approximate surface area is 151 Å². The molecule has 5 rings (SSSR count). The fourth-order valence-electron chi connectivity index (χ4n) is 4.10. The Morgan fingerprint density at radius 1 is 1.04 bits per heavy atom. The third-order valence-electron chi connectivity index (χ3n) is 5.18. The van der Waals surface area contributed by atoms with E-state index in [1.807, 2.05) is 31.2 Å². The molecule has 3 aromatic rings. The lowest BCUT2D eigenvalue weighted by Crippen LogP contribution is -2.35. The number of para-hydroxylation sites is 1. The third-order valence-corrected chi connectivity index (χ3v) is 7.16. The fourth-order valence-corrected chi connectivity index (χ4v) is 5.98. The smallest absolute Gasteiger partial charge is 0.265 e. The van der Waals surface area contributed by atoms with Crippen molar-refractivity contribution in [2.75, 3.05) is 9.62 Å². The summed E-state index contributed by atoms with van der Waals surface area (Å²) in [5, 5.41) is 4.05. The number of sulfonamides is 1. The SMILES string of the molecule is C[C@H]1Cc2ccccc2N1S(=O)(=O)c1ccc2c3c(cccc13)C(=O)N2. The summed E-state index contributed by atoms with van der Waals surface area (Å²) in [5.74, 6) is -0.194. The number of rotatable bonds is 2. The predicted octanol–water partition coefficient (Wildman–Crippen LogP) is 3.55. The summed E-state index contributed by atoms with van der Waals surface area (Å²) in [6, 6.07) is 15.9. The molecule has 0 bridgehead atoms. The molecule has 0 saturated heterocycles. The highest BCUT2D eigenvalue weighted by atomic mass is 32.2. The van der Waals surface area contributed by atoms with Gasteiger partial charge in [0, 0.05) is 28.1 Å². The topological polar surface area (TPSA) is 66.5 Å². The van der Waals surface area contributed by atoms with Crippen LogP contribution in [0.5, 0.6) is 0 Å². The molecular weight excluding hydrogens is 348 g/mol. The Hall–Kier alpha value is -2.86. The molecule has 2 aliphatic rings. The molecule has 2 aliphatic heterocycles. The van der Waals surface area contributed by atoms with Crippen LogP contribution in [-0.4, -0.2) is 20.4 Å². The van der Waals surface area contributed by atoms with Crippen molar-refractivity contribution in [2.24, 2.45) is 0 Å². The van der Waals surface area contributed by atoms with Crippen molar-refractivity contribution in [3.8, 4) is 0 Å². The second kappa shape index (κ2) is 5.08. The van der Waals surface area contributed by atoms with Crippen LogP contribution in [0, 0.1) is 0 Å². The molecule has 0 aliphatic carbocycles. The first-order chi connectivity index (χ1) is 12.5. The number of anilines is 2. The van der Waals surface area contributed by atoms with E-state index in [9.17, 15) is 13.2 Å². The molecule has 5 nitrogen and oxygen atoms in total. The molecule has 0 unspecified atom stereocenters. The first-order valence-electron chi connectivity index (χ1n) is 8.48. The monoisotopic (exact) mass is 364 g/mol. The number of amides is 1. The van der Waals surface area contributed by atoms with Gasteiger partial charge in [-0.2, -0.15) is 0 Å². The summed E-state index contributed by atoms with van der Waals surface area (Å²) in [4.78, 5) is 12.3. The van der Waals surface area contributed by atoms with Crippen LogP contribution in [-0.2, 0) is 16.4 Å². The highest BCUT2D eigenvalue weighted by molar-refractivity contribution is 7.93. The number of hydrogen-bond donors (Lipinski definition) is 1. The van der Waals surface area contributed by atoms with E-state index < -0.39 is 10.0 Å². The van der Waals surface area contributed by atoms with Crippen molar-refractivity contribution >= 4 is 38.1 Å². The van der Waals surface area contributed by atoms with Crippen molar-refractivity contribution in [2.45, 2.75) is 24.3 Å². The first kappa shape index (κ1) is 15.4. The van der Waals surface area contributed by atoms with Gasteiger partial charge in [-0.15, -0.1) is 0 Å². The van der Waals surface area contributed by atoms with Crippen LogP contribution in [0.4, 0.5) is 11.4 Å². The van der Waals surface area contributed by atoms with E-state index in [-0.39, 0.29) is 16.8 Å². The summed E-state index contributed by atoms with van der Waals surface area (Å²) in [6.45, 7) is 1.92. The van der Waals surface area contributed by atoms with Gasteiger partial charge in [-0.25, -0.2) is 8.42 Å². The molecular formula is C20H16N2O3S. The maximum absolute atomic E-state index is 13.6. The van der Waals surface area contributed by atoms with Gasteiger partial charge in [0.1, 0.15) is 0 Å². The molecule has 3 aromatic carbocycles. The van der Waals surface area contributed by atoms with Gasteiger partial charge in [0.2, 0.25) is 0 Å². The minimum atomic E-state index is -3.76. The molecule has 1 amide bonds. The Bertz CT molecular complexity index is 1200. The maximum atomic E-state index is 13.6. The highest BCUT2D eigenvalue weighted by Crippen LogP contribution is 2.41. The predicted molar refractivity (Wildman–Crippen MR) is 101 cm³/mol. The van der Waals surface area contributed by atoms with Crippen molar-refractivity contribution in [1.82, 2.24) is 0 Å². The molecule has 0 saturated carbocycles. The van der Waals surface area contributed by atoms with Crippen LogP contribution in [0.25, 0.3) is 10.8 Å². The second-order valence-corrected chi connectivity index (χ2v) is 8.56. The number of fused-ring (bicyclic) bond motifs is 1. The number of carbonyl (C=O) groups excluding carboxylic acids is 1. The van der Waals surface area contributed by atoms with Gasteiger partial charge in [0.05, 0.1) is 10.6 Å². The van der Waals surface area contributed by atoms with Gasteiger partial charge in [-0.1, -0.05) is 30.3 Å². The number of hydrogen-bond acceptors (Lipinski definition) is 3. The van der Waals surface area contributed by atoms with Crippen LogP contribution in [0.3, 0.4) is 0 Å². The van der Waals surface area contributed by atoms with Gasteiger partial charge in [-0.3, -0.25) is 9.10 Å². The zero-order valence-electron chi connectivity index (χ0n) is 14.1. The number of nitrogens with zero attached hydrogens (tertiary/aromatic N) is 1. The van der Waals surface area contributed by atoms with E-state index >= 15 is 0 Å². The number of nitrogens with one attached hydrogen (secondary N) is 1. The third kappa shape index (κ3) is 1.90. The van der Waals surface area contributed by atoms with E-state index in [1.54, 1.807) is 30.3 Å². The van der Waals surface area contributed by atoms with Crippen molar-refractivity contribution in [1.29, 1.82) is 0 Å². The fraction of sp³-hybridized carbons (Fsp3) is 0.150. The lowest BCUT2D eigenvalue weighted by molar-refractivity contribution is 0.103. The largest absolute Gasteiger partial charge is 0.321 e. The molecule has 0 aromatic heterocycles. The summed E-state index contributed by atoms with van der Waals surface area (Å²) in [6.07, 6.45) is 0.691. The Morgan fingerprint density at radius 3 is 2.69 bits per heavy atom. The average molecular weight is 364 g/mol. The lowest BCUT2D eigenvalue weighted by atomic mass is 10.1. The van der Waals surface area contributed by atoms with Gasteiger partial charge in [0.15, 0.2) is 0 Å². The Morgan fingerprint density at radius 2 is 1.85 bits per heavy atom. The summed E-state index contributed by atoms with van der Waals surface area (Å²) in [7, 11) is -3.76. The van der Waals surface area contributed by atoms with Crippen LogP contribution >= 0.6 is 0 Å². The van der Waals surface area contributed by atoms with Gasteiger partial charge in [-0.05, 0) is 43.2 Å². The first-order valence-corrected chi connectivity index (χ1v) is 9.92. The van der Waals surface area contributed by atoms with Crippen LogP contribution in [0.1, 0.15) is 22.8 Å². The molecule has 0 radical (unpaired) electrons. The number of benzene rings is 3. The highest BCUT2D eigenvalue weighted by Gasteiger charge is 2.37. The zero-order chi connectivity index (χ0) is 18.1. The van der Waals surface area contributed by atoms with Crippen LogP contribution in [0.2, 0.25) is 0 Å². The van der Waals surface area contributed by atoms with Gasteiger partial charge < -0.3 is 5.32 Å². The van der Waals surface area contributed by atoms with Crippen LogP contribution < -0.4 is 9.62 Å². The Balaban J connectivity index is 1.77. The Kier molecular flexibility index (Phi) is 3.01. The molecule has 2 heterocycles. The van der Waals surface area contributed by atoms with Gasteiger partial charge >= 0.3 is 0 Å². The van der Waals surface area contributed by atoms with Crippen LogP contribution in [0.15, 0.2) is 59.5 Å². The lowest BCUT2D eigenvalue weighted by Gasteiger charge is -2.25. The van der Waals surface area contributed by atoms with E-state index in [1.165, 1.54) is 4.31 Å². The van der Waals surface area contributed by atoms with E-state index in [4.69, 9.17) is 0 Å². The average Bonchev–Trinajstić information content (AvgIpc) is 3.13. The molecule has 6 heteroatoms.